The summed E-state index contributed by atoms with van der Waals surface area (Å²) in [5.41, 5.74) is 0. The third kappa shape index (κ3) is 4.00. The molecule has 4 heteroatoms. The van der Waals surface area contributed by atoms with Crippen LogP contribution in [0.15, 0.2) is 0 Å². The Morgan fingerprint density at radius 3 is 2.39 bits per heavy atom. The van der Waals surface area contributed by atoms with Crippen molar-refractivity contribution >= 4 is 23.2 Å². The van der Waals surface area contributed by atoms with Crippen molar-refractivity contribution in [3.05, 3.63) is 0 Å². The van der Waals surface area contributed by atoms with Crippen LogP contribution in [0.5, 0.6) is 0 Å². The van der Waals surface area contributed by atoms with Gasteiger partial charge in [-0.05, 0) is 25.7 Å². The molecule has 0 bridgehead atoms. The topological polar surface area (TPSA) is 8.88 Å². The third-order valence-electron chi connectivity index (χ3n) is 4.88. The standard InChI is InChI=1S/C14H26Cl2N2/c15-6-10-17(11-7-16)12-13-4-3-9-18-8-2-1-5-14(13)18/h13-14H,1-12H2/p+2/t13-,14+/m0/s1. The lowest BCUT2D eigenvalue weighted by Gasteiger charge is -2.41. The number of fused-ring (bicyclic) bond motifs is 1. The van der Waals surface area contributed by atoms with Crippen LogP contribution in [0.1, 0.15) is 32.1 Å². The SMILES string of the molecule is ClCC[NH+](CCCl)C[C@@H]1CCC[NH+]2CCCC[C@H]12. The Kier molecular flexibility index (Phi) is 6.57. The zero-order valence-electron chi connectivity index (χ0n) is 11.4. The first-order valence-corrected chi connectivity index (χ1v) is 8.72. The molecule has 0 aromatic carbocycles. The minimum atomic E-state index is 0.764. The molecule has 2 heterocycles. The number of quaternary nitrogens is 2. The number of nitrogens with one attached hydrogen (secondary N) is 2. The third-order valence-corrected chi connectivity index (χ3v) is 5.25. The van der Waals surface area contributed by atoms with E-state index in [4.69, 9.17) is 23.2 Å². The minimum Gasteiger partial charge on any atom is -0.333 e. The van der Waals surface area contributed by atoms with E-state index in [1.54, 1.807) is 4.90 Å². The summed E-state index contributed by atoms with van der Waals surface area (Å²) in [6, 6.07) is 0.938. The second kappa shape index (κ2) is 7.94. The maximum absolute atomic E-state index is 5.92. The van der Waals surface area contributed by atoms with E-state index in [9.17, 15) is 0 Å². The van der Waals surface area contributed by atoms with Crippen LogP contribution in [0.25, 0.3) is 0 Å². The molecule has 3 atom stereocenters. The van der Waals surface area contributed by atoms with Crippen LogP contribution in [0, 0.1) is 5.92 Å². The summed E-state index contributed by atoms with van der Waals surface area (Å²) in [6.07, 6.45) is 7.20. The molecule has 2 nitrogen and oxygen atoms in total. The summed E-state index contributed by atoms with van der Waals surface area (Å²) in [7, 11) is 0. The van der Waals surface area contributed by atoms with Crippen LogP contribution >= 0.6 is 23.2 Å². The van der Waals surface area contributed by atoms with Gasteiger partial charge in [0, 0.05) is 6.42 Å². The highest BCUT2D eigenvalue weighted by atomic mass is 35.5. The van der Waals surface area contributed by atoms with E-state index in [1.165, 1.54) is 51.7 Å². The van der Waals surface area contributed by atoms with Crippen LogP contribution < -0.4 is 9.80 Å². The van der Waals surface area contributed by atoms with Gasteiger partial charge in [-0.3, -0.25) is 0 Å². The molecule has 0 amide bonds. The van der Waals surface area contributed by atoms with Crippen molar-refractivity contribution in [3.8, 4) is 0 Å². The lowest BCUT2D eigenvalue weighted by atomic mass is 9.83. The van der Waals surface area contributed by atoms with Crippen molar-refractivity contribution in [2.45, 2.75) is 38.1 Å². The Hall–Kier alpha value is 0.500. The molecule has 2 rings (SSSR count). The highest BCUT2D eigenvalue weighted by molar-refractivity contribution is 6.18. The van der Waals surface area contributed by atoms with Gasteiger partial charge in [0.15, 0.2) is 0 Å². The molecule has 1 unspecified atom stereocenters. The minimum absolute atomic E-state index is 0.764. The predicted octanol–water partition coefficient (Wildman–Crippen LogP) is 0.196. The van der Waals surface area contributed by atoms with Gasteiger partial charge < -0.3 is 9.80 Å². The van der Waals surface area contributed by atoms with E-state index in [-0.39, 0.29) is 0 Å². The van der Waals surface area contributed by atoms with Gasteiger partial charge in [0.2, 0.25) is 0 Å². The van der Waals surface area contributed by atoms with Crippen molar-refractivity contribution in [2.24, 2.45) is 5.92 Å². The molecule has 0 spiro atoms. The second-order valence-electron chi connectivity index (χ2n) is 5.99. The zero-order valence-corrected chi connectivity index (χ0v) is 12.9. The maximum Gasteiger partial charge on any atom is 0.0957 e. The molecule has 2 fully saturated rings. The molecule has 2 aliphatic rings. The zero-order chi connectivity index (χ0) is 12.8. The van der Waals surface area contributed by atoms with Gasteiger partial charge in [0.25, 0.3) is 0 Å². The fourth-order valence-corrected chi connectivity index (χ4v) is 4.52. The fraction of sp³-hybridized carbons (Fsp3) is 1.00. The Morgan fingerprint density at radius 1 is 0.944 bits per heavy atom. The largest absolute Gasteiger partial charge is 0.333 e. The molecule has 2 aliphatic heterocycles. The molecular formula is C14H28Cl2N2+2. The summed E-state index contributed by atoms with van der Waals surface area (Å²) in [6.45, 7) is 6.29. The normalized spacial score (nSPS) is 32.5. The van der Waals surface area contributed by atoms with Gasteiger partial charge in [-0.25, -0.2) is 0 Å². The lowest BCUT2D eigenvalue weighted by Crippen LogP contribution is -3.20. The fourth-order valence-electron chi connectivity index (χ4n) is 3.99. The van der Waals surface area contributed by atoms with E-state index in [0.29, 0.717) is 0 Å². The molecule has 0 aromatic heterocycles. The quantitative estimate of drug-likeness (QED) is 0.648. The first-order valence-electron chi connectivity index (χ1n) is 7.65. The number of hydrogen-bond acceptors (Lipinski definition) is 0. The number of hydrogen-bond donors (Lipinski definition) is 2. The van der Waals surface area contributed by atoms with Gasteiger partial charge in [0.1, 0.15) is 0 Å². The summed E-state index contributed by atoms with van der Waals surface area (Å²) in [5, 5.41) is 0. The molecule has 0 aromatic rings. The molecule has 2 saturated heterocycles. The first-order chi connectivity index (χ1) is 8.85. The van der Waals surface area contributed by atoms with E-state index < -0.39 is 0 Å². The highest BCUT2D eigenvalue weighted by Gasteiger charge is 2.38. The highest BCUT2D eigenvalue weighted by Crippen LogP contribution is 2.18. The number of alkyl halides is 2. The van der Waals surface area contributed by atoms with E-state index in [2.05, 4.69) is 0 Å². The van der Waals surface area contributed by atoms with Crippen molar-refractivity contribution in [1.29, 1.82) is 0 Å². The first kappa shape index (κ1) is 14.9. The van der Waals surface area contributed by atoms with Crippen LogP contribution in [0.2, 0.25) is 0 Å². The summed E-state index contributed by atoms with van der Waals surface area (Å²) >= 11 is 11.8. The van der Waals surface area contributed by atoms with Crippen LogP contribution in [-0.2, 0) is 0 Å². The average molecular weight is 295 g/mol. The summed E-state index contributed by atoms with van der Waals surface area (Å²) < 4.78 is 0. The molecule has 106 valence electrons. The molecule has 18 heavy (non-hydrogen) atoms. The average Bonchev–Trinajstić information content (AvgIpc) is 2.40. The van der Waals surface area contributed by atoms with Crippen molar-refractivity contribution in [2.75, 3.05) is 44.5 Å². The monoisotopic (exact) mass is 294 g/mol. The van der Waals surface area contributed by atoms with Gasteiger partial charge >= 0.3 is 0 Å². The van der Waals surface area contributed by atoms with Gasteiger partial charge in [-0.2, -0.15) is 0 Å². The predicted molar refractivity (Wildman–Crippen MR) is 78.1 cm³/mol. The smallest absolute Gasteiger partial charge is 0.0957 e. The Morgan fingerprint density at radius 2 is 1.67 bits per heavy atom. The molecular weight excluding hydrogens is 267 g/mol. The maximum atomic E-state index is 5.92. The van der Waals surface area contributed by atoms with Crippen molar-refractivity contribution in [1.82, 2.24) is 0 Å². The number of piperidine rings is 2. The van der Waals surface area contributed by atoms with E-state index in [1.807, 2.05) is 4.90 Å². The van der Waals surface area contributed by atoms with Crippen molar-refractivity contribution in [3.63, 3.8) is 0 Å². The summed E-state index contributed by atoms with van der Waals surface area (Å²) in [5.74, 6) is 2.44. The number of rotatable bonds is 6. The van der Waals surface area contributed by atoms with Crippen molar-refractivity contribution < 1.29 is 9.80 Å². The molecule has 0 aliphatic carbocycles. The molecule has 2 N–H and O–H groups in total. The lowest BCUT2D eigenvalue weighted by molar-refractivity contribution is -0.952. The Bertz CT molecular complexity index is 230. The van der Waals surface area contributed by atoms with Gasteiger partial charge in [-0.15, -0.1) is 23.2 Å². The van der Waals surface area contributed by atoms with Gasteiger partial charge in [-0.1, -0.05) is 0 Å². The Labute approximate surface area is 122 Å². The summed E-state index contributed by atoms with van der Waals surface area (Å²) in [4.78, 5) is 3.52. The van der Waals surface area contributed by atoms with Crippen LogP contribution in [-0.4, -0.2) is 50.5 Å². The Balaban J connectivity index is 1.88. The van der Waals surface area contributed by atoms with E-state index in [0.717, 1.165) is 36.8 Å². The van der Waals surface area contributed by atoms with Crippen LogP contribution in [0.3, 0.4) is 0 Å². The number of halogens is 2. The molecule has 0 radical (unpaired) electrons. The van der Waals surface area contributed by atoms with E-state index >= 15 is 0 Å². The molecule has 0 saturated carbocycles. The second-order valence-corrected chi connectivity index (χ2v) is 6.75. The van der Waals surface area contributed by atoms with Crippen LogP contribution in [0.4, 0.5) is 0 Å². The van der Waals surface area contributed by atoms with Gasteiger partial charge in [0.05, 0.1) is 56.4 Å².